The van der Waals surface area contributed by atoms with Crippen LogP contribution >= 0.6 is 11.6 Å². The lowest BCUT2D eigenvalue weighted by molar-refractivity contribution is 0.236. The second-order valence-electron chi connectivity index (χ2n) is 4.89. The molecule has 0 spiro atoms. The van der Waals surface area contributed by atoms with Crippen LogP contribution in [0.1, 0.15) is 52.9 Å². The molecule has 1 saturated carbocycles. The minimum Gasteiger partial charge on any atom is -0.122 e. The number of hydrogen-bond donors (Lipinski definition) is 0. The van der Waals surface area contributed by atoms with Crippen molar-refractivity contribution in [1.29, 1.82) is 0 Å². The van der Waals surface area contributed by atoms with E-state index in [1.54, 1.807) is 0 Å². The van der Waals surface area contributed by atoms with Gasteiger partial charge in [0, 0.05) is 5.38 Å². The summed E-state index contributed by atoms with van der Waals surface area (Å²) in [7, 11) is 0. The van der Waals surface area contributed by atoms with E-state index in [1.807, 2.05) is 0 Å². The predicted octanol–water partition coefficient (Wildman–Crippen LogP) is 4.47. The molecule has 3 atom stereocenters. The highest BCUT2D eigenvalue weighted by molar-refractivity contribution is 6.20. The lowest BCUT2D eigenvalue weighted by atomic mass is 9.77. The molecule has 3 unspecified atom stereocenters. The summed E-state index contributed by atoms with van der Waals surface area (Å²) in [5, 5.41) is 0.411. The molecule has 0 heterocycles. The highest BCUT2D eigenvalue weighted by Gasteiger charge is 2.27. The maximum Gasteiger partial charge on any atom is 0.0387 e. The van der Waals surface area contributed by atoms with E-state index in [9.17, 15) is 0 Å². The Kier molecular flexibility index (Phi) is 4.58. The first-order valence-corrected chi connectivity index (χ1v) is 6.22. The molecular formula is C12H23Cl. The van der Waals surface area contributed by atoms with E-state index in [-0.39, 0.29) is 0 Å². The van der Waals surface area contributed by atoms with Crippen molar-refractivity contribution in [3.05, 3.63) is 0 Å². The highest BCUT2D eigenvalue weighted by atomic mass is 35.5. The van der Waals surface area contributed by atoms with Gasteiger partial charge < -0.3 is 0 Å². The second kappa shape index (κ2) is 5.24. The Labute approximate surface area is 88.1 Å². The molecule has 0 aromatic carbocycles. The van der Waals surface area contributed by atoms with Crippen LogP contribution in [0.5, 0.6) is 0 Å². The van der Waals surface area contributed by atoms with Crippen molar-refractivity contribution in [2.24, 2.45) is 17.8 Å². The molecule has 0 aliphatic heterocycles. The standard InChI is InChI=1S/C12H23Cl/c1-4-10-6-5-7-11(8-10)12(13)9(2)3/h9-12H,4-8H2,1-3H3. The summed E-state index contributed by atoms with van der Waals surface area (Å²) < 4.78 is 0. The van der Waals surface area contributed by atoms with Crippen LogP contribution in [0.15, 0.2) is 0 Å². The fraction of sp³-hybridized carbons (Fsp3) is 1.00. The number of rotatable bonds is 3. The minimum absolute atomic E-state index is 0.411. The van der Waals surface area contributed by atoms with E-state index in [0.717, 1.165) is 11.8 Å². The third-order valence-electron chi connectivity index (χ3n) is 3.49. The fourth-order valence-electron chi connectivity index (χ4n) is 2.54. The molecule has 0 saturated heterocycles. The smallest absolute Gasteiger partial charge is 0.0387 e. The van der Waals surface area contributed by atoms with Gasteiger partial charge in [0.25, 0.3) is 0 Å². The van der Waals surface area contributed by atoms with E-state index in [1.165, 1.54) is 32.1 Å². The van der Waals surface area contributed by atoms with Crippen LogP contribution in [0.4, 0.5) is 0 Å². The number of alkyl halides is 1. The second-order valence-corrected chi connectivity index (χ2v) is 5.39. The van der Waals surface area contributed by atoms with Crippen LogP contribution in [0.3, 0.4) is 0 Å². The van der Waals surface area contributed by atoms with Crippen molar-refractivity contribution in [2.45, 2.75) is 58.3 Å². The molecule has 1 rings (SSSR count). The first-order valence-electron chi connectivity index (χ1n) is 5.79. The molecule has 0 bridgehead atoms. The molecule has 0 aromatic rings. The average Bonchev–Trinajstić information content (AvgIpc) is 2.16. The molecule has 1 fully saturated rings. The summed E-state index contributed by atoms with van der Waals surface area (Å²) in [5.41, 5.74) is 0. The van der Waals surface area contributed by atoms with Gasteiger partial charge >= 0.3 is 0 Å². The summed E-state index contributed by atoms with van der Waals surface area (Å²) in [6.45, 7) is 6.80. The zero-order chi connectivity index (χ0) is 9.84. The van der Waals surface area contributed by atoms with Crippen LogP contribution < -0.4 is 0 Å². The zero-order valence-electron chi connectivity index (χ0n) is 9.22. The van der Waals surface area contributed by atoms with Gasteiger partial charge in [-0.15, -0.1) is 11.6 Å². The average molecular weight is 203 g/mol. The SMILES string of the molecule is CCC1CCCC(C(Cl)C(C)C)C1. The maximum atomic E-state index is 6.42. The van der Waals surface area contributed by atoms with Crippen molar-refractivity contribution in [1.82, 2.24) is 0 Å². The van der Waals surface area contributed by atoms with E-state index in [2.05, 4.69) is 20.8 Å². The van der Waals surface area contributed by atoms with Crippen LogP contribution in [0.25, 0.3) is 0 Å². The first kappa shape index (κ1) is 11.4. The molecule has 0 N–H and O–H groups in total. The Bertz CT molecular complexity index is 142. The molecule has 0 nitrogen and oxygen atoms in total. The first-order chi connectivity index (χ1) is 6.15. The van der Waals surface area contributed by atoms with Crippen LogP contribution in [0.2, 0.25) is 0 Å². The van der Waals surface area contributed by atoms with Crippen molar-refractivity contribution in [3.8, 4) is 0 Å². The summed E-state index contributed by atoms with van der Waals surface area (Å²) >= 11 is 6.42. The monoisotopic (exact) mass is 202 g/mol. The zero-order valence-corrected chi connectivity index (χ0v) is 9.98. The third kappa shape index (κ3) is 3.16. The van der Waals surface area contributed by atoms with Gasteiger partial charge in [-0.1, -0.05) is 40.0 Å². The largest absolute Gasteiger partial charge is 0.122 e. The Hall–Kier alpha value is 0.290. The summed E-state index contributed by atoms with van der Waals surface area (Å²) in [6.07, 6.45) is 6.93. The predicted molar refractivity (Wildman–Crippen MR) is 60.2 cm³/mol. The van der Waals surface area contributed by atoms with Gasteiger partial charge in [-0.05, 0) is 30.6 Å². The summed E-state index contributed by atoms with van der Waals surface area (Å²) in [6, 6.07) is 0. The summed E-state index contributed by atoms with van der Waals surface area (Å²) in [4.78, 5) is 0. The van der Waals surface area contributed by atoms with Crippen molar-refractivity contribution < 1.29 is 0 Å². The van der Waals surface area contributed by atoms with Crippen molar-refractivity contribution in [2.75, 3.05) is 0 Å². The minimum atomic E-state index is 0.411. The fourth-order valence-corrected chi connectivity index (χ4v) is 2.77. The van der Waals surface area contributed by atoms with Crippen molar-refractivity contribution >= 4 is 11.6 Å². The molecule has 0 radical (unpaired) electrons. The van der Waals surface area contributed by atoms with E-state index < -0.39 is 0 Å². The molecule has 0 aromatic heterocycles. The van der Waals surface area contributed by atoms with Crippen LogP contribution in [-0.4, -0.2) is 5.38 Å². The van der Waals surface area contributed by atoms with Gasteiger partial charge in [0.05, 0.1) is 0 Å². The molecule has 78 valence electrons. The molecule has 0 amide bonds. The Morgan fingerprint density at radius 3 is 2.54 bits per heavy atom. The summed E-state index contributed by atoms with van der Waals surface area (Å²) in [5.74, 6) is 2.39. The molecule has 1 aliphatic rings. The van der Waals surface area contributed by atoms with Crippen LogP contribution in [-0.2, 0) is 0 Å². The number of hydrogen-bond acceptors (Lipinski definition) is 0. The maximum absolute atomic E-state index is 6.42. The Morgan fingerprint density at radius 1 is 1.31 bits per heavy atom. The van der Waals surface area contributed by atoms with Crippen LogP contribution in [0, 0.1) is 17.8 Å². The topological polar surface area (TPSA) is 0 Å². The Balaban J connectivity index is 2.41. The van der Waals surface area contributed by atoms with E-state index >= 15 is 0 Å². The third-order valence-corrected chi connectivity index (χ3v) is 4.35. The van der Waals surface area contributed by atoms with Gasteiger partial charge in [-0.2, -0.15) is 0 Å². The van der Waals surface area contributed by atoms with Gasteiger partial charge in [0.15, 0.2) is 0 Å². The quantitative estimate of drug-likeness (QED) is 0.593. The van der Waals surface area contributed by atoms with Crippen molar-refractivity contribution in [3.63, 3.8) is 0 Å². The Morgan fingerprint density at radius 2 is 2.00 bits per heavy atom. The van der Waals surface area contributed by atoms with E-state index in [0.29, 0.717) is 11.3 Å². The number of halogens is 1. The van der Waals surface area contributed by atoms with Gasteiger partial charge in [0.2, 0.25) is 0 Å². The molecule has 1 aliphatic carbocycles. The lowest BCUT2D eigenvalue weighted by Crippen LogP contribution is -2.26. The molecule has 13 heavy (non-hydrogen) atoms. The lowest BCUT2D eigenvalue weighted by Gasteiger charge is -2.33. The van der Waals surface area contributed by atoms with Gasteiger partial charge in [-0.25, -0.2) is 0 Å². The molecular weight excluding hydrogens is 180 g/mol. The highest BCUT2D eigenvalue weighted by Crippen LogP contribution is 2.36. The normalized spacial score (nSPS) is 32.1. The van der Waals surface area contributed by atoms with E-state index in [4.69, 9.17) is 11.6 Å². The molecule has 1 heteroatoms. The van der Waals surface area contributed by atoms with Gasteiger partial charge in [-0.3, -0.25) is 0 Å². The van der Waals surface area contributed by atoms with Gasteiger partial charge in [0.1, 0.15) is 0 Å².